The molecule has 1 saturated heterocycles. The molecule has 0 saturated carbocycles. The second-order valence-corrected chi connectivity index (χ2v) is 11.8. The summed E-state index contributed by atoms with van der Waals surface area (Å²) < 4.78 is 11.5. The van der Waals surface area contributed by atoms with Gasteiger partial charge in [-0.1, -0.05) is 30.3 Å². The van der Waals surface area contributed by atoms with E-state index in [0.717, 1.165) is 29.1 Å². The number of likely N-dealkylation sites (tertiary alicyclic amines) is 1. The average Bonchev–Trinajstić information content (AvgIpc) is 3.87. The van der Waals surface area contributed by atoms with Gasteiger partial charge in [-0.25, -0.2) is 24.5 Å². The van der Waals surface area contributed by atoms with Crippen LogP contribution in [-0.4, -0.2) is 64.7 Å². The monoisotopic (exact) mass is 657 g/mol. The highest BCUT2D eigenvalue weighted by Gasteiger charge is 2.34. The van der Waals surface area contributed by atoms with E-state index in [0.29, 0.717) is 42.1 Å². The number of hydrogen-bond donors (Lipinski definition) is 3. The van der Waals surface area contributed by atoms with Crippen LogP contribution in [0.25, 0.3) is 23.2 Å². The number of carbonyl (C=O) groups excluding carboxylic acids is 1. The van der Waals surface area contributed by atoms with Crippen molar-refractivity contribution < 1.29 is 33.4 Å². The summed E-state index contributed by atoms with van der Waals surface area (Å²) in [6.07, 6.45) is 6.39. The molecule has 0 bridgehead atoms. The first kappa shape index (κ1) is 32.8. The lowest BCUT2D eigenvalue weighted by Gasteiger charge is -2.23. The normalized spacial score (nSPS) is 15.6. The minimum absolute atomic E-state index is 0.0658. The van der Waals surface area contributed by atoms with Crippen LogP contribution in [0.2, 0.25) is 0 Å². The highest BCUT2D eigenvalue weighted by Crippen LogP contribution is 2.36. The fourth-order valence-electron chi connectivity index (χ4n) is 4.98. The molecular formula is C32H31N7O7S. The van der Waals surface area contributed by atoms with Gasteiger partial charge in [0.15, 0.2) is 0 Å². The molecule has 1 amide bonds. The number of carbonyl (C=O) groups is 3. The van der Waals surface area contributed by atoms with Crippen LogP contribution in [0.4, 0.5) is 0 Å². The molecule has 4 N–H and O–H groups in total. The maximum atomic E-state index is 13.8. The first-order valence-electron chi connectivity index (χ1n) is 14.5. The molecule has 47 heavy (non-hydrogen) atoms. The minimum Gasteiger partial charge on any atom is -0.478 e. The van der Waals surface area contributed by atoms with Crippen molar-refractivity contribution >= 4 is 29.2 Å². The van der Waals surface area contributed by atoms with E-state index < -0.39 is 17.5 Å². The van der Waals surface area contributed by atoms with Gasteiger partial charge in [0, 0.05) is 35.3 Å². The van der Waals surface area contributed by atoms with Crippen LogP contribution in [0.15, 0.2) is 81.3 Å². The Morgan fingerprint density at radius 3 is 2.38 bits per heavy atom. The first-order valence-corrected chi connectivity index (χ1v) is 15.3. The lowest BCUT2D eigenvalue weighted by atomic mass is 9.94. The lowest BCUT2D eigenvalue weighted by molar-refractivity contribution is -0.134. The predicted molar refractivity (Wildman–Crippen MR) is 169 cm³/mol. The van der Waals surface area contributed by atoms with Gasteiger partial charge >= 0.3 is 11.9 Å². The first-order chi connectivity index (χ1) is 22.5. The number of amides is 1. The average molecular weight is 658 g/mol. The van der Waals surface area contributed by atoms with Crippen LogP contribution in [0.5, 0.6) is 0 Å². The summed E-state index contributed by atoms with van der Waals surface area (Å²) in [7, 11) is 0. The number of aliphatic carboxylic acids is 2. The van der Waals surface area contributed by atoms with E-state index in [1.165, 1.54) is 12.5 Å². The third-order valence-electron chi connectivity index (χ3n) is 7.07. The third-order valence-corrected chi connectivity index (χ3v) is 8.14. The number of aryl methyl sites for hydroxylation is 1. The van der Waals surface area contributed by atoms with Gasteiger partial charge in [-0.3, -0.25) is 4.79 Å². The zero-order valence-corrected chi connectivity index (χ0v) is 26.3. The van der Waals surface area contributed by atoms with Crippen LogP contribution in [0.1, 0.15) is 58.3 Å². The van der Waals surface area contributed by atoms with Gasteiger partial charge in [0.2, 0.25) is 11.8 Å². The van der Waals surface area contributed by atoms with E-state index in [1.54, 1.807) is 23.5 Å². The van der Waals surface area contributed by atoms with Crippen LogP contribution < -0.4 is 5.73 Å². The number of carboxylic acids is 2. The molecule has 1 aliphatic rings. The van der Waals surface area contributed by atoms with E-state index >= 15 is 0 Å². The second-order valence-electron chi connectivity index (χ2n) is 10.9. The molecule has 6 rings (SSSR count). The summed E-state index contributed by atoms with van der Waals surface area (Å²) in [6, 6.07) is 13.2. The quantitative estimate of drug-likeness (QED) is 0.184. The molecular weight excluding hydrogens is 626 g/mol. The number of oxazole rings is 1. The number of carboxylic acid groups (broad SMARTS) is 2. The number of pyridine rings is 1. The van der Waals surface area contributed by atoms with E-state index in [4.69, 9.17) is 24.8 Å². The van der Waals surface area contributed by atoms with E-state index in [-0.39, 0.29) is 29.6 Å². The molecule has 0 unspecified atom stereocenters. The van der Waals surface area contributed by atoms with Gasteiger partial charge in [0.1, 0.15) is 22.7 Å². The molecule has 0 radical (unpaired) electrons. The summed E-state index contributed by atoms with van der Waals surface area (Å²) in [5.74, 6) is -1.93. The number of hydrogen-bond acceptors (Lipinski definition) is 12. The summed E-state index contributed by atoms with van der Waals surface area (Å²) in [6.45, 7) is 4.45. The zero-order chi connectivity index (χ0) is 33.6. The van der Waals surface area contributed by atoms with Gasteiger partial charge < -0.3 is 29.7 Å². The van der Waals surface area contributed by atoms with Crippen LogP contribution >= 0.6 is 11.3 Å². The topological polar surface area (TPSA) is 212 Å². The SMILES string of the molecule is Cc1csc([C@H]2CCCN2C(=O)c2cc(-c3ncco3)nc(-c3nnc([C@](C)(N)Cc4ccccc4)o3)c2)n1.O=C(O)C=CC(=O)O. The molecule has 14 nitrogen and oxygen atoms in total. The molecule has 15 heteroatoms. The van der Waals surface area contributed by atoms with Crippen molar-refractivity contribution in [3.05, 3.63) is 100 Å². The molecule has 1 aromatic carbocycles. The predicted octanol–water partition coefficient (Wildman–Crippen LogP) is 4.66. The fraction of sp³-hybridized carbons (Fsp3) is 0.250. The van der Waals surface area contributed by atoms with Crippen LogP contribution in [-0.2, 0) is 21.5 Å². The maximum absolute atomic E-state index is 13.8. The van der Waals surface area contributed by atoms with E-state index in [1.807, 2.05) is 54.5 Å². The van der Waals surface area contributed by atoms with Gasteiger partial charge in [0.25, 0.3) is 11.8 Å². The highest BCUT2D eigenvalue weighted by atomic mass is 32.1. The standard InChI is InChI=1S/C28H27N7O3S.C4H4O4/c1-17-16-39-25(31-17)22-9-6-11-35(22)26(36)19-13-20(23-30-10-12-37-23)32-21(14-19)24-33-34-27(38-24)28(2,29)15-18-7-4-3-5-8-18;5-3(6)1-2-4(7)8/h3-5,7-8,10,12-14,16,22H,6,9,11,15,29H2,1-2H3;1-2H,(H,5,6)(H,7,8)/t22-,28-;/m1./s1. The van der Waals surface area contributed by atoms with Crippen LogP contribution in [0, 0.1) is 6.92 Å². The summed E-state index contributed by atoms with van der Waals surface area (Å²) >= 11 is 1.58. The highest BCUT2D eigenvalue weighted by molar-refractivity contribution is 7.09. The number of thiazole rings is 1. The van der Waals surface area contributed by atoms with Crippen LogP contribution in [0.3, 0.4) is 0 Å². The van der Waals surface area contributed by atoms with Crippen molar-refractivity contribution in [2.75, 3.05) is 6.54 Å². The fourth-order valence-corrected chi connectivity index (χ4v) is 5.92. The Morgan fingerprint density at radius 2 is 1.77 bits per heavy atom. The van der Waals surface area contributed by atoms with Gasteiger partial charge in [0.05, 0.1) is 17.8 Å². The summed E-state index contributed by atoms with van der Waals surface area (Å²) in [4.78, 5) is 48.3. The Labute approximate surface area is 272 Å². The number of nitrogens with zero attached hydrogens (tertiary/aromatic N) is 6. The molecule has 2 atom stereocenters. The Morgan fingerprint density at radius 1 is 1.06 bits per heavy atom. The molecule has 0 aliphatic carbocycles. The zero-order valence-electron chi connectivity index (χ0n) is 25.4. The van der Waals surface area contributed by atoms with Gasteiger partial charge in [-0.05, 0) is 50.8 Å². The number of aromatic nitrogens is 5. The lowest BCUT2D eigenvalue weighted by Crippen LogP contribution is -2.35. The molecule has 1 aliphatic heterocycles. The summed E-state index contributed by atoms with van der Waals surface area (Å²) in [5.41, 5.74) is 8.85. The van der Waals surface area contributed by atoms with Gasteiger partial charge in [-0.15, -0.1) is 21.5 Å². The number of nitrogens with two attached hydrogens (primary N) is 1. The second kappa shape index (κ2) is 14.3. The number of rotatable bonds is 9. The Bertz CT molecular complexity index is 1870. The molecule has 5 heterocycles. The van der Waals surface area contributed by atoms with Crippen molar-refractivity contribution in [1.29, 1.82) is 0 Å². The molecule has 0 spiro atoms. The van der Waals surface area contributed by atoms with E-state index in [9.17, 15) is 14.4 Å². The summed E-state index contributed by atoms with van der Waals surface area (Å²) in [5, 5.41) is 27.1. The van der Waals surface area contributed by atoms with Crippen molar-refractivity contribution in [2.45, 2.75) is 44.7 Å². The van der Waals surface area contributed by atoms with Crippen molar-refractivity contribution in [3.8, 4) is 23.2 Å². The smallest absolute Gasteiger partial charge is 0.328 e. The van der Waals surface area contributed by atoms with Crippen molar-refractivity contribution in [1.82, 2.24) is 30.0 Å². The third kappa shape index (κ3) is 8.19. The largest absolute Gasteiger partial charge is 0.478 e. The molecule has 1 fully saturated rings. The van der Waals surface area contributed by atoms with Crippen molar-refractivity contribution in [2.24, 2.45) is 5.73 Å². The Hall–Kier alpha value is -5.54. The minimum atomic E-state index is -1.26. The van der Waals surface area contributed by atoms with Crippen molar-refractivity contribution in [3.63, 3.8) is 0 Å². The van der Waals surface area contributed by atoms with Gasteiger partial charge in [-0.2, -0.15) is 0 Å². The Balaban J connectivity index is 0.000000483. The molecule has 242 valence electrons. The molecule has 5 aromatic rings. The molecule has 4 aromatic heterocycles. The van der Waals surface area contributed by atoms with E-state index in [2.05, 4.69) is 25.1 Å². The number of benzene rings is 1. The maximum Gasteiger partial charge on any atom is 0.328 e. The Kier molecular flexibility index (Phi) is 9.97.